The third kappa shape index (κ3) is 2.40. The van der Waals surface area contributed by atoms with Crippen LogP contribution in [0.15, 0.2) is 11.6 Å². The number of rotatable bonds is 1. The van der Waals surface area contributed by atoms with Gasteiger partial charge in [0.05, 0.1) is 6.10 Å². The van der Waals surface area contributed by atoms with Gasteiger partial charge in [0.15, 0.2) is 0 Å². The normalized spacial score (nSPS) is 23.5. The van der Waals surface area contributed by atoms with Gasteiger partial charge in [-0.3, -0.25) is 0 Å². The minimum Gasteiger partial charge on any atom is -0.381 e. The first-order valence-corrected chi connectivity index (χ1v) is 4.01. The topological polar surface area (TPSA) is 9.23 Å². The molecule has 0 heterocycles. The van der Waals surface area contributed by atoms with Gasteiger partial charge >= 0.3 is 0 Å². The van der Waals surface area contributed by atoms with Gasteiger partial charge in [0.25, 0.3) is 0 Å². The van der Waals surface area contributed by atoms with Gasteiger partial charge in [0.1, 0.15) is 0 Å². The lowest BCUT2D eigenvalue weighted by Crippen LogP contribution is -2.12. The summed E-state index contributed by atoms with van der Waals surface area (Å²) < 4.78 is 5.22. The van der Waals surface area contributed by atoms with E-state index in [1.54, 1.807) is 7.11 Å². The molecule has 0 aromatic heterocycles. The van der Waals surface area contributed by atoms with Crippen molar-refractivity contribution in [2.24, 2.45) is 0 Å². The van der Waals surface area contributed by atoms with E-state index in [-0.39, 0.29) is 0 Å². The number of hydrogen-bond donors (Lipinski definition) is 0. The Morgan fingerprint density at radius 2 is 2.45 bits per heavy atom. The van der Waals surface area contributed by atoms with Crippen molar-refractivity contribution in [1.29, 1.82) is 0 Å². The van der Waals surface area contributed by atoms with Gasteiger partial charge in [-0.15, -0.1) is 5.92 Å². The second kappa shape index (κ2) is 4.20. The lowest BCUT2D eigenvalue weighted by molar-refractivity contribution is 0.0946. The van der Waals surface area contributed by atoms with Gasteiger partial charge in [-0.25, -0.2) is 0 Å². The standard InChI is InChI=1S/C10H14O/c1-3-4-9-5-7-10(11-2)8-6-9/h5,10H,6-8H2,1-2H3. The van der Waals surface area contributed by atoms with Crippen molar-refractivity contribution < 1.29 is 4.74 Å². The van der Waals surface area contributed by atoms with Gasteiger partial charge in [-0.1, -0.05) is 12.0 Å². The van der Waals surface area contributed by atoms with Crippen LogP contribution in [0.4, 0.5) is 0 Å². The Balaban J connectivity index is 2.48. The van der Waals surface area contributed by atoms with Gasteiger partial charge in [0.2, 0.25) is 0 Å². The molecule has 0 aromatic carbocycles. The van der Waals surface area contributed by atoms with Crippen molar-refractivity contribution in [1.82, 2.24) is 0 Å². The maximum Gasteiger partial charge on any atom is 0.0609 e. The van der Waals surface area contributed by atoms with Crippen LogP contribution in [-0.2, 0) is 4.74 Å². The second-order valence-electron chi connectivity index (χ2n) is 2.74. The van der Waals surface area contributed by atoms with E-state index in [1.807, 2.05) is 6.92 Å². The molecule has 60 valence electrons. The van der Waals surface area contributed by atoms with Gasteiger partial charge in [-0.2, -0.15) is 0 Å². The van der Waals surface area contributed by atoms with Crippen LogP contribution < -0.4 is 0 Å². The van der Waals surface area contributed by atoms with E-state index in [9.17, 15) is 0 Å². The summed E-state index contributed by atoms with van der Waals surface area (Å²) in [5.41, 5.74) is 1.28. The van der Waals surface area contributed by atoms with Crippen LogP contribution in [0, 0.1) is 11.8 Å². The van der Waals surface area contributed by atoms with Crippen LogP contribution >= 0.6 is 0 Å². The molecule has 0 saturated carbocycles. The van der Waals surface area contributed by atoms with Crippen LogP contribution in [0.25, 0.3) is 0 Å². The zero-order chi connectivity index (χ0) is 8.10. The minimum atomic E-state index is 0.428. The summed E-state index contributed by atoms with van der Waals surface area (Å²) in [5.74, 6) is 6.00. The molecule has 0 bridgehead atoms. The molecular formula is C10H14O. The highest BCUT2D eigenvalue weighted by Gasteiger charge is 2.11. The molecule has 0 aromatic rings. The fraction of sp³-hybridized carbons (Fsp3) is 0.600. The lowest BCUT2D eigenvalue weighted by Gasteiger charge is -2.17. The van der Waals surface area contributed by atoms with Crippen LogP contribution in [0.1, 0.15) is 26.2 Å². The smallest absolute Gasteiger partial charge is 0.0609 e. The van der Waals surface area contributed by atoms with Crippen molar-refractivity contribution in [3.8, 4) is 11.8 Å². The Labute approximate surface area is 68.4 Å². The molecular weight excluding hydrogens is 136 g/mol. The summed E-state index contributed by atoms with van der Waals surface area (Å²) in [6.45, 7) is 1.88. The van der Waals surface area contributed by atoms with E-state index in [0.717, 1.165) is 19.3 Å². The largest absolute Gasteiger partial charge is 0.381 e. The molecule has 1 aliphatic rings. The Bertz CT molecular complexity index is 205. The van der Waals surface area contributed by atoms with Crippen molar-refractivity contribution in [3.05, 3.63) is 11.6 Å². The van der Waals surface area contributed by atoms with Gasteiger partial charge in [-0.05, 0) is 31.8 Å². The number of hydrogen-bond acceptors (Lipinski definition) is 1. The Hall–Kier alpha value is -0.740. The van der Waals surface area contributed by atoms with Crippen molar-refractivity contribution in [2.45, 2.75) is 32.3 Å². The first-order valence-electron chi connectivity index (χ1n) is 4.01. The quantitative estimate of drug-likeness (QED) is 0.520. The number of allylic oxidation sites excluding steroid dienone is 1. The molecule has 0 spiro atoms. The molecule has 1 aliphatic carbocycles. The summed E-state index contributed by atoms with van der Waals surface area (Å²) >= 11 is 0. The predicted molar refractivity (Wildman–Crippen MR) is 46.2 cm³/mol. The number of ether oxygens (including phenoxy) is 1. The Morgan fingerprint density at radius 3 is 2.91 bits per heavy atom. The summed E-state index contributed by atoms with van der Waals surface area (Å²) in [6, 6.07) is 0. The molecule has 0 aliphatic heterocycles. The Kier molecular flexibility index (Phi) is 3.19. The van der Waals surface area contributed by atoms with Crippen LogP contribution in [0.3, 0.4) is 0 Å². The first kappa shape index (κ1) is 8.36. The average molecular weight is 150 g/mol. The Morgan fingerprint density at radius 1 is 1.64 bits per heavy atom. The summed E-state index contributed by atoms with van der Waals surface area (Å²) in [6.07, 6.45) is 5.85. The summed E-state index contributed by atoms with van der Waals surface area (Å²) in [7, 11) is 1.77. The third-order valence-electron chi connectivity index (χ3n) is 1.98. The van der Waals surface area contributed by atoms with Crippen LogP contribution in [0.2, 0.25) is 0 Å². The molecule has 11 heavy (non-hydrogen) atoms. The monoisotopic (exact) mass is 150 g/mol. The lowest BCUT2D eigenvalue weighted by atomic mass is 9.97. The first-order chi connectivity index (χ1) is 5.36. The second-order valence-corrected chi connectivity index (χ2v) is 2.74. The molecule has 0 saturated heterocycles. The van der Waals surface area contributed by atoms with Gasteiger partial charge < -0.3 is 4.74 Å². The highest BCUT2D eigenvalue weighted by atomic mass is 16.5. The summed E-state index contributed by atoms with van der Waals surface area (Å²) in [4.78, 5) is 0. The highest BCUT2D eigenvalue weighted by molar-refractivity contribution is 5.29. The molecule has 0 amide bonds. The number of methoxy groups -OCH3 is 1. The fourth-order valence-corrected chi connectivity index (χ4v) is 1.30. The molecule has 1 heteroatoms. The van der Waals surface area contributed by atoms with Crippen LogP contribution in [-0.4, -0.2) is 13.2 Å². The SMILES string of the molecule is CC#CC1=CCC(OC)CC1. The van der Waals surface area contributed by atoms with E-state index < -0.39 is 0 Å². The van der Waals surface area contributed by atoms with Gasteiger partial charge in [0, 0.05) is 7.11 Å². The zero-order valence-corrected chi connectivity index (χ0v) is 7.18. The van der Waals surface area contributed by atoms with E-state index in [0.29, 0.717) is 6.10 Å². The van der Waals surface area contributed by atoms with Crippen LogP contribution in [0.5, 0.6) is 0 Å². The predicted octanol–water partition coefficient (Wildman–Crippen LogP) is 2.13. The van der Waals surface area contributed by atoms with E-state index in [2.05, 4.69) is 17.9 Å². The third-order valence-corrected chi connectivity index (χ3v) is 1.98. The molecule has 1 nitrogen and oxygen atoms in total. The molecule has 1 rings (SSSR count). The molecule has 0 radical (unpaired) electrons. The molecule has 0 fully saturated rings. The van der Waals surface area contributed by atoms with E-state index in [1.165, 1.54) is 5.57 Å². The molecule has 1 unspecified atom stereocenters. The highest BCUT2D eigenvalue weighted by Crippen LogP contribution is 2.19. The van der Waals surface area contributed by atoms with Crippen molar-refractivity contribution >= 4 is 0 Å². The van der Waals surface area contributed by atoms with E-state index >= 15 is 0 Å². The molecule has 1 atom stereocenters. The minimum absolute atomic E-state index is 0.428. The average Bonchev–Trinajstić information content (AvgIpc) is 2.07. The molecule has 0 N–H and O–H groups in total. The van der Waals surface area contributed by atoms with Crippen molar-refractivity contribution in [2.75, 3.05) is 7.11 Å². The maximum absolute atomic E-state index is 5.22. The maximum atomic E-state index is 5.22. The zero-order valence-electron chi connectivity index (χ0n) is 7.18. The van der Waals surface area contributed by atoms with Crippen molar-refractivity contribution in [3.63, 3.8) is 0 Å². The summed E-state index contributed by atoms with van der Waals surface area (Å²) in [5, 5.41) is 0. The fourth-order valence-electron chi connectivity index (χ4n) is 1.30. The van der Waals surface area contributed by atoms with E-state index in [4.69, 9.17) is 4.74 Å².